The van der Waals surface area contributed by atoms with Crippen LogP contribution in [-0.4, -0.2) is 28.3 Å². The highest BCUT2D eigenvalue weighted by atomic mass is 32.1. The van der Waals surface area contributed by atoms with Crippen molar-refractivity contribution < 1.29 is 31.4 Å². The van der Waals surface area contributed by atoms with E-state index in [-0.39, 0.29) is 38.9 Å². The minimum Gasteiger partial charge on any atom is -0.495 e. The summed E-state index contributed by atoms with van der Waals surface area (Å²) >= 11 is 5.25. The number of nitrogens with one attached hydrogen (secondary N) is 1. The third kappa shape index (κ3) is 4.36. The topological polar surface area (TPSA) is 69.1 Å². The predicted octanol–water partition coefficient (Wildman–Crippen LogP) is 5.74. The highest BCUT2D eigenvalue weighted by molar-refractivity contribution is 7.71. The molecule has 0 aliphatic heterocycles. The van der Waals surface area contributed by atoms with Gasteiger partial charge >= 0.3 is 12.8 Å². The first-order valence-electron chi connectivity index (χ1n) is 9.56. The molecular weight excluding hydrogens is 481 g/mol. The van der Waals surface area contributed by atoms with Gasteiger partial charge in [-0.05, 0) is 54.7 Å². The van der Waals surface area contributed by atoms with Crippen molar-refractivity contribution >= 4 is 23.3 Å². The Balaban J connectivity index is 2.07. The summed E-state index contributed by atoms with van der Waals surface area (Å²) in [5, 5.41) is -0.714. The molecule has 0 fully saturated rings. The van der Waals surface area contributed by atoms with E-state index in [1.54, 1.807) is 24.3 Å². The molecule has 176 valence electrons. The Bertz CT molecular complexity index is 1480. The lowest BCUT2D eigenvalue weighted by molar-refractivity contribution is -0.136. The SMILES string of the molecule is COc1ccccc1-n1c(=S)[nH]c(=O)c2c(C(F)(F)F)cc(-c3ccc(OC(F)F)cc3)nc21. The van der Waals surface area contributed by atoms with Crippen LogP contribution in [0.25, 0.3) is 28.0 Å². The maximum atomic E-state index is 14.0. The second kappa shape index (κ2) is 8.86. The normalized spacial score (nSPS) is 11.7. The number of alkyl halides is 5. The number of para-hydroxylation sites is 2. The largest absolute Gasteiger partial charge is 0.495 e. The average molecular weight is 495 g/mol. The van der Waals surface area contributed by atoms with Gasteiger partial charge in [0.1, 0.15) is 11.5 Å². The van der Waals surface area contributed by atoms with E-state index in [0.29, 0.717) is 0 Å². The second-order valence-electron chi connectivity index (χ2n) is 6.92. The summed E-state index contributed by atoms with van der Waals surface area (Å²) < 4.78 is 77.5. The van der Waals surface area contributed by atoms with Gasteiger partial charge in [0, 0.05) is 5.56 Å². The van der Waals surface area contributed by atoms with Gasteiger partial charge in [0.25, 0.3) is 5.56 Å². The number of hydrogen-bond donors (Lipinski definition) is 1. The van der Waals surface area contributed by atoms with Crippen molar-refractivity contribution in [2.75, 3.05) is 7.11 Å². The van der Waals surface area contributed by atoms with Crippen LogP contribution < -0.4 is 15.0 Å². The number of ether oxygens (including phenoxy) is 2. The average Bonchev–Trinajstić information content (AvgIpc) is 2.78. The number of halogens is 5. The van der Waals surface area contributed by atoms with Crippen LogP contribution in [0.15, 0.2) is 59.4 Å². The van der Waals surface area contributed by atoms with Crippen LogP contribution in [-0.2, 0) is 6.18 Å². The molecule has 0 saturated carbocycles. The molecule has 0 spiro atoms. The zero-order valence-corrected chi connectivity index (χ0v) is 18.0. The minimum absolute atomic E-state index is 0.160. The van der Waals surface area contributed by atoms with Gasteiger partial charge in [-0.3, -0.25) is 14.3 Å². The van der Waals surface area contributed by atoms with E-state index in [1.165, 1.54) is 35.9 Å². The van der Waals surface area contributed by atoms with E-state index in [4.69, 9.17) is 17.0 Å². The van der Waals surface area contributed by atoms with Crippen molar-refractivity contribution in [3.63, 3.8) is 0 Å². The maximum Gasteiger partial charge on any atom is 0.417 e. The van der Waals surface area contributed by atoms with E-state index in [9.17, 15) is 26.7 Å². The van der Waals surface area contributed by atoms with Crippen molar-refractivity contribution in [1.29, 1.82) is 0 Å². The van der Waals surface area contributed by atoms with Crippen LogP contribution in [0.2, 0.25) is 0 Å². The van der Waals surface area contributed by atoms with Gasteiger partial charge in [0.15, 0.2) is 10.4 Å². The quantitative estimate of drug-likeness (QED) is 0.283. The summed E-state index contributed by atoms with van der Waals surface area (Å²) in [7, 11) is 1.37. The lowest BCUT2D eigenvalue weighted by Crippen LogP contribution is -2.20. The summed E-state index contributed by atoms with van der Waals surface area (Å²) in [6.45, 7) is -3.06. The Morgan fingerprint density at radius 1 is 1.09 bits per heavy atom. The predicted molar refractivity (Wildman–Crippen MR) is 116 cm³/mol. The Morgan fingerprint density at radius 2 is 1.76 bits per heavy atom. The molecule has 12 heteroatoms. The number of methoxy groups -OCH3 is 1. The van der Waals surface area contributed by atoms with Crippen molar-refractivity contribution in [1.82, 2.24) is 14.5 Å². The Labute approximate surface area is 193 Å². The Morgan fingerprint density at radius 3 is 2.38 bits per heavy atom. The zero-order chi connectivity index (χ0) is 24.6. The molecule has 2 heterocycles. The van der Waals surface area contributed by atoms with Crippen LogP contribution in [0.1, 0.15) is 5.56 Å². The Hall–Kier alpha value is -3.80. The number of hydrogen-bond acceptors (Lipinski definition) is 5. The highest BCUT2D eigenvalue weighted by Crippen LogP contribution is 2.37. The van der Waals surface area contributed by atoms with E-state index in [2.05, 4.69) is 14.7 Å². The summed E-state index contributed by atoms with van der Waals surface area (Å²) in [4.78, 5) is 19.2. The number of rotatable bonds is 5. The molecule has 0 aliphatic carbocycles. The first kappa shape index (κ1) is 23.4. The Kier molecular flexibility index (Phi) is 6.09. The van der Waals surface area contributed by atoms with Gasteiger partial charge in [0.05, 0.1) is 29.4 Å². The van der Waals surface area contributed by atoms with Gasteiger partial charge < -0.3 is 9.47 Å². The summed E-state index contributed by atoms with van der Waals surface area (Å²) in [6, 6.07) is 12.0. The third-order valence-electron chi connectivity index (χ3n) is 4.87. The molecule has 6 nitrogen and oxygen atoms in total. The smallest absolute Gasteiger partial charge is 0.417 e. The van der Waals surface area contributed by atoms with E-state index in [1.807, 2.05) is 0 Å². The van der Waals surface area contributed by atoms with E-state index < -0.39 is 29.3 Å². The number of aromatic nitrogens is 3. The molecule has 34 heavy (non-hydrogen) atoms. The lowest BCUT2D eigenvalue weighted by atomic mass is 10.1. The molecule has 0 radical (unpaired) electrons. The molecule has 0 atom stereocenters. The molecule has 0 bridgehead atoms. The minimum atomic E-state index is -4.91. The fourth-order valence-electron chi connectivity index (χ4n) is 3.45. The molecule has 0 aliphatic rings. The fourth-order valence-corrected chi connectivity index (χ4v) is 3.72. The molecular formula is C22H14F5N3O3S. The standard InChI is InChI=1S/C22H14F5N3O3S/c1-32-16-5-3-2-4-15(16)30-18-17(19(31)29-21(30)34)13(22(25,26)27)10-14(28-18)11-6-8-12(9-7-11)33-20(23)24/h2-10,20H,1H3,(H,29,31,34). The highest BCUT2D eigenvalue weighted by Gasteiger charge is 2.36. The van der Waals surface area contributed by atoms with Crippen molar-refractivity contribution in [2.45, 2.75) is 12.8 Å². The van der Waals surface area contributed by atoms with Gasteiger partial charge in [-0.15, -0.1) is 0 Å². The monoisotopic (exact) mass is 495 g/mol. The maximum absolute atomic E-state index is 14.0. The molecule has 1 N–H and O–H groups in total. The molecule has 4 aromatic rings. The fraction of sp³-hybridized carbons (Fsp3) is 0.136. The van der Waals surface area contributed by atoms with E-state index in [0.717, 1.165) is 6.07 Å². The second-order valence-corrected chi connectivity index (χ2v) is 7.31. The van der Waals surface area contributed by atoms with Crippen molar-refractivity contribution in [3.8, 4) is 28.4 Å². The summed E-state index contributed by atoms with van der Waals surface area (Å²) in [5.74, 6) is 0.102. The van der Waals surface area contributed by atoms with Gasteiger partial charge in [-0.25, -0.2) is 4.98 Å². The van der Waals surface area contributed by atoms with Gasteiger partial charge in [0.2, 0.25) is 0 Å². The number of aromatic amines is 1. The number of nitrogens with zero attached hydrogens (tertiary/aromatic N) is 2. The number of H-pyrrole nitrogens is 1. The number of pyridine rings is 1. The van der Waals surface area contributed by atoms with Crippen LogP contribution in [0.4, 0.5) is 22.0 Å². The first-order valence-corrected chi connectivity index (χ1v) is 9.97. The number of benzene rings is 2. The molecule has 0 saturated heterocycles. The molecule has 2 aromatic heterocycles. The van der Waals surface area contributed by atoms with Crippen LogP contribution in [0.5, 0.6) is 11.5 Å². The van der Waals surface area contributed by atoms with Gasteiger partial charge in [-0.1, -0.05) is 12.1 Å². The van der Waals surface area contributed by atoms with Gasteiger partial charge in [-0.2, -0.15) is 22.0 Å². The van der Waals surface area contributed by atoms with Crippen molar-refractivity contribution in [3.05, 3.63) is 75.3 Å². The van der Waals surface area contributed by atoms with Crippen LogP contribution in [0.3, 0.4) is 0 Å². The lowest BCUT2D eigenvalue weighted by Gasteiger charge is -2.17. The van der Waals surface area contributed by atoms with Crippen LogP contribution in [0, 0.1) is 4.77 Å². The van der Waals surface area contributed by atoms with Crippen molar-refractivity contribution in [2.24, 2.45) is 0 Å². The summed E-state index contributed by atoms with van der Waals surface area (Å²) in [5.41, 5.74) is -2.37. The zero-order valence-electron chi connectivity index (χ0n) is 17.2. The molecule has 0 amide bonds. The van der Waals surface area contributed by atoms with Crippen LogP contribution >= 0.6 is 12.2 Å². The molecule has 4 rings (SSSR count). The van der Waals surface area contributed by atoms with E-state index >= 15 is 0 Å². The summed E-state index contributed by atoms with van der Waals surface area (Å²) in [6.07, 6.45) is -4.91. The molecule has 0 unspecified atom stereocenters. The first-order chi connectivity index (χ1) is 16.1. The molecule has 2 aromatic carbocycles. The number of fused-ring (bicyclic) bond motifs is 1. The third-order valence-corrected chi connectivity index (χ3v) is 5.15.